The SMILES string of the molecule is CN=C(NCCSc1ccc(Cl)cc1)NCC1CN(C)CCN1C. The Morgan fingerprint density at radius 2 is 2.00 bits per heavy atom. The molecular weight excluding hydrogens is 342 g/mol. The molecule has 1 aliphatic rings. The summed E-state index contributed by atoms with van der Waals surface area (Å²) in [5.41, 5.74) is 0. The van der Waals surface area contributed by atoms with Crippen LogP contribution in [0.15, 0.2) is 34.2 Å². The Morgan fingerprint density at radius 1 is 1.25 bits per heavy atom. The van der Waals surface area contributed by atoms with E-state index < -0.39 is 0 Å². The fourth-order valence-electron chi connectivity index (χ4n) is 2.63. The van der Waals surface area contributed by atoms with Crippen molar-refractivity contribution in [3.63, 3.8) is 0 Å². The Morgan fingerprint density at radius 3 is 2.71 bits per heavy atom. The van der Waals surface area contributed by atoms with Gasteiger partial charge in [-0.2, -0.15) is 0 Å². The maximum absolute atomic E-state index is 5.90. The molecule has 0 amide bonds. The molecule has 1 fully saturated rings. The molecule has 1 atom stereocenters. The van der Waals surface area contributed by atoms with E-state index in [0.717, 1.165) is 49.5 Å². The summed E-state index contributed by atoms with van der Waals surface area (Å²) < 4.78 is 0. The van der Waals surface area contributed by atoms with Crippen LogP contribution in [-0.4, -0.2) is 81.4 Å². The number of guanidine groups is 1. The minimum absolute atomic E-state index is 0.519. The van der Waals surface area contributed by atoms with Gasteiger partial charge in [-0.15, -0.1) is 11.8 Å². The van der Waals surface area contributed by atoms with Crippen LogP contribution in [-0.2, 0) is 0 Å². The molecule has 1 aliphatic heterocycles. The predicted octanol–water partition coefficient (Wildman–Crippen LogP) is 1.84. The maximum atomic E-state index is 5.90. The maximum Gasteiger partial charge on any atom is 0.191 e. The van der Waals surface area contributed by atoms with Crippen LogP contribution in [0, 0.1) is 0 Å². The zero-order chi connectivity index (χ0) is 17.4. The van der Waals surface area contributed by atoms with Gasteiger partial charge in [0.2, 0.25) is 0 Å². The van der Waals surface area contributed by atoms with Crippen LogP contribution in [0.25, 0.3) is 0 Å². The third-order valence-corrected chi connectivity index (χ3v) is 5.45. The molecule has 7 heteroatoms. The number of likely N-dealkylation sites (N-methyl/N-ethyl adjacent to an activating group) is 2. The molecule has 1 aromatic rings. The number of piperazine rings is 1. The van der Waals surface area contributed by atoms with Gasteiger partial charge in [0.1, 0.15) is 0 Å². The van der Waals surface area contributed by atoms with E-state index in [2.05, 4.69) is 51.7 Å². The van der Waals surface area contributed by atoms with Crippen molar-refractivity contribution in [2.45, 2.75) is 10.9 Å². The van der Waals surface area contributed by atoms with Crippen molar-refractivity contribution in [3.8, 4) is 0 Å². The number of thioether (sulfide) groups is 1. The normalized spacial score (nSPS) is 20.2. The zero-order valence-corrected chi connectivity index (χ0v) is 16.3. The quantitative estimate of drug-likeness (QED) is 0.346. The molecule has 24 heavy (non-hydrogen) atoms. The molecule has 0 saturated carbocycles. The van der Waals surface area contributed by atoms with Gasteiger partial charge in [-0.25, -0.2) is 0 Å². The van der Waals surface area contributed by atoms with Gasteiger partial charge >= 0.3 is 0 Å². The van der Waals surface area contributed by atoms with Crippen molar-refractivity contribution in [2.24, 2.45) is 4.99 Å². The molecule has 2 N–H and O–H groups in total. The van der Waals surface area contributed by atoms with Crippen LogP contribution >= 0.6 is 23.4 Å². The van der Waals surface area contributed by atoms with Gasteiger partial charge in [-0.05, 0) is 38.4 Å². The molecule has 5 nitrogen and oxygen atoms in total. The van der Waals surface area contributed by atoms with Crippen molar-refractivity contribution in [2.75, 3.05) is 59.6 Å². The van der Waals surface area contributed by atoms with Crippen LogP contribution in [0.5, 0.6) is 0 Å². The van der Waals surface area contributed by atoms with Crippen LogP contribution in [0.3, 0.4) is 0 Å². The smallest absolute Gasteiger partial charge is 0.191 e. The second-order valence-electron chi connectivity index (χ2n) is 6.08. The van der Waals surface area contributed by atoms with E-state index in [1.54, 1.807) is 0 Å². The second-order valence-corrected chi connectivity index (χ2v) is 7.68. The highest BCUT2D eigenvalue weighted by Gasteiger charge is 2.21. The molecule has 1 unspecified atom stereocenters. The topological polar surface area (TPSA) is 42.9 Å². The van der Waals surface area contributed by atoms with Gasteiger partial charge in [0.15, 0.2) is 5.96 Å². The fourth-order valence-corrected chi connectivity index (χ4v) is 3.52. The largest absolute Gasteiger partial charge is 0.356 e. The van der Waals surface area contributed by atoms with Gasteiger partial charge in [0.25, 0.3) is 0 Å². The minimum atomic E-state index is 0.519. The zero-order valence-electron chi connectivity index (χ0n) is 14.8. The van der Waals surface area contributed by atoms with Crippen LogP contribution in [0.2, 0.25) is 5.02 Å². The predicted molar refractivity (Wildman–Crippen MR) is 105 cm³/mol. The highest BCUT2D eigenvalue weighted by atomic mass is 35.5. The van der Waals surface area contributed by atoms with Crippen molar-refractivity contribution < 1.29 is 0 Å². The summed E-state index contributed by atoms with van der Waals surface area (Å²) in [6.07, 6.45) is 0. The molecule has 0 spiro atoms. The highest BCUT2D eigenvalue weighted by Crippen LogP contribution is 2.19. The third kappa shape index (κ3) is 6.51. The molecule has 0 aliphatic carbocycles. The first kappa shape index (κ1) is 19.4. The lowest BCUT2D eigenvalue weighted by molar-refractivity contribution is 0.116. The fraction of sp³-hybridized carbons (Fsp3) is 0.588. The van der Waals surface area contributed by atoms with Crippen molar-refractivity contribution >= 4 is 29.3 Å². The number of benzene rings is 1. The first-order valence-electron chi connectivity index (χ1n) is 8.30. The van der Waals surface area contributed by atoms with Crippen LogP contribution in [0.4, 0.5) is 0 Å². The van der Waals surface area contributed by atoms with Gasteiger partial charge in [0.05, 0.1) is 0 Å². The number of hydrogen-bond donors (Lipinski definition) is 2. The Hall–Kier alpha value is -0.950. The lowest BCUT2D eigenvalue weighted by atomic mass is 10.2. The van der Waals surface area contributed by atoms with E-state index in [1.165, 1.54) is 4.90 Å². The summed E-state index contributed by atoms with van der Waals surface area (Å²) in [4.78, 5) is 10.3. The summed E-state index contributed by atoms with van der Waals surface area (Å²) in [6.45, 7) is 5.12. The summed E-state index contributed by atoms with van der Waals surface area (Å²) in [5.74, 6) is 1.85. The molecule has 0 radical (unpaired) electrons. The van der Waals surface area contributed by atoms with Crippen molar-refractivity contribution in [1.82, 2.24) is 20.4 Å². The lowest BCUT2D eigenvalue weighted by Crippen LogP contribution is -2.55. The number of aliphatic imine (C=N–C) groups is 1. The van der Waals surface area contributed by atoms with Gasteiger partial charge < -0.3 is 15.5 Å². The minimum Gasteiger partial charge on any atom is -0.356 e. The van der Waals surface area contributed by atoms with E-state index in [1.807, 2.05) is 30.9 Å². The molecule has 1 heterocycles. The molecule has 1 aromatic carbocycles. The Labute approximate surface area is 154 Å². The average Bonchev–Trinajstić information content (AvgIpc) is 2.58. The average molecular weight is 370 g/mol. The van der Waals surface area contributed by atoms with Gasteiger partial charge in [0, 0.05) is 61.5 Å². The summed E-state index contributed by atoms with van der Waals surface area (Å²) in [6, 6.07) is 8.47. The second kappa shape index (κ2) is 10.1. The number of nitrogens with zero attached hydrogens (tertiary/aromatic N) is 3. The van der Waals surface area contributed by atoms with E-state index in [9.17, 15) is 0 Å². The molecule has 1 saturated heterocycles. The standard InChI is InChI=1S/C17H28ClN5S/c1-19-17(21-12-15-13-22(2)9-10-23(15)3)20-8-11-24-16-6-4-14(18)5-7-16/h4-7,15H,8-13H2,1-3H3,(H2,19,20,21). The van der Waals surface area contributed by atoms with Crippen molar-refractivity contribution in [3.05, 3.63) is 29.3 Å². The van der Waals surface area contributed by atoms with Crippen LogP contribution < -0.4 is 10.6 Å². The highest BCUT2D eigenvalue weighted by molar-refractivity contribution is 7.99. The molecule has 0 bridgehead atoms. The van der Waals surface area contributed by atoms with E-state index >= 15 is 0 Å². The number of hydrogen-bond acceptors (Lipinski definition) is 4. The van der Waals surface area contributed by atoms with Gasteiger partial charge in [-0.3, -0.25) is 9.89 Å². The molecular formula is C17H28ClN5S. The van der Waals surface area contributed by atoms with E-state index in [-0.39, 0.29) is 0 Å². The van der Waals surface area contributed by atoms with E-state index in [0.29, 0.717) is 6.04 Å². The lowest BCUT2D eigenvalue weighted by Gasteiger charge is -2.37. The number of halogens is 1. The molecule has 0 aromatic heterocycles. The Balaban J connectivity index is 1.66. The summed E-state index contributed by atoms with van der Waals surface area (Å²) in [5, 5.41) is 7.59. The molecule has 134 valence electrons. The number of nitrogens with one attached hydrogen (secondary N) is 2. The monoisotopic (exact) mass is 369 g/mol. The first-order valence-corrected chi connectivity index (χ1v) is 9.66. The summed E-state index contributed by atoms with van der Waals surface area (Å²) in [7, 11) is 6.19. The Bertz CT molecular complexity index is 522. The first-order chi connectivity index (χ1) is 11.6. The van der Waals surface area contributed by atoms with Crippen molar-refractivity contribution in [1.29, 1.82) is 0 Å². The summed E-state index contributed by atoms with van der Waals surface area (Å²) >= 11 is 7.71. The third-order valence-electron chi connectivity index (χ3n) is 4.19. The van der Waals surface area contributed by atoms with E-state index in [4.69, 9.17) is 11.6 Å². The number of rotatable bonds is 6. The van der Waals surface area contributed by atoms with Crippen LogP contribution in [0.1, 0.15) is 0 Å². The Kier molecular flexibility index (Phi) is 8.18. The van der Waals surface area contributed by atoms with Gasteiger partial charge in [-0.1, -0.05) is 11.6 Å². The molecule has 2 rings (SSSR count).